The first-order chi connectivity index (χ1) is 16.6. The van der Waals surface area contributed by atoms with Crippen LogP contribution in [0.1, 0.15) is 32.6 Å². The Morgan fingerprint density at radius 3 is 2.24 bits per heavy atom. The zero-order chi connectivity index (χ0) is 23.5. The second-order valence-electron chi connectivity index (χ2n) is 9.37. The lowest BCUT2D eigenvalue weighted by molar-refractivity contribution is 0.0734. The quantitative estimate of drug-likeness (QED) is 0.577. The minimum atomic E-state index is 0.101. The number of carbonyl (C=O) groups excluding carboxylic acids is 1. The molecule has 34 heavy (non-hydrogen) atoms. The Morgan fingerprint density at radius 2 is 1.53 bits per heavy atom. The van der Waals surface area contributed by atoms with E-state index in [0.29, 0.717) is 13.1 Å². The van der Waals surface area contributed by atoms with E-state index in [1.807, 2.05) is 23.1 Å². The number of benzene rings is 3. The fourth-order valence-corrected chi connectivity index (χ4v) is 5.11. The molecule has 0 N–H and O–H groups in total. The van der Waals surface area contributed by atoms with E-state index in [1.165, 1.54) is 27.9 Å². The van der Waals surface area contributed by atoms with E-state index in [2.05, 4.69) is 65.4 Å². The van der Waals surface area contributed by atoms with E-state index in [0.717, 1.165) is 50.3 Å². The minimum absolute atomic E-state index is 0.101. The molecule has 0 saturated carbocycles. The van der Waals surface area contributed by atoms with Crippen molar-refractivity contribution in [3.63, 3.8) is 0 Å². The van der Waals surface area contributed by atoms with Crippen LogP contribution in [0.3, 0.4) is 0 Å². The van der Waals surface area contributed by atoms with Gasteiger partial charge in [0.25, 0.3) is 5.91 Å². The average molecular weight is 456 g/mol. The second kappa shape index (κ2) is 9.90. The van der Waals surface area contributed by atoms with Gasteiger partial charge in [-0.3, -0.25) is 4.79 Å². The molecule has 2 aliphatic heterocycles. The maximum absolute atomic E-state index is 13.4. The predicted molar refractivity (Wildman–Crippen MR) is 137 cm³/mol. The second-order valence-corrected chi connectivity index (χ2v) is 9.37. The van der Waals surface area contributed by atoms with Crippen LogP contribution in [0, 0.1) is 0 Å². The predicted octanol–water partition coefficient (Wildman–Crippen LogP) is 4.24. The molecule has 2 heterocycles. The Hall–Kier alpha value is -3.31. The van der Waals surface area contributed by atoms with E-state index in [1.54, 1.807) is 7.11 Å². The number of piperazine rings is 1. The van der Waals surface area contributed by atoms with Gasteiger partial charge in [0.05, 0.1) is 7.11 Å². The van der Waals surface area contributed by atoms with Crippen LogP contribution in [0.2, 0.25) is 0 Å². The van der Waals surface area contributed by atoms with Crippen molar-refractivity contribution in [2.24, 2.45) is 0 Å². The monoisotopic (exact) mass is 455 g/mol. The van der Waals surface area contributed by atoms with Crippen molar-refractivity contribution in [3.8, 4) is 5.75 Å². The number of amides is 1. The molecule has 5 heteroatoms. The third kappa shape index (κ3) is 4.66. The smallest absolute Gasteiger partial charge is 0.254 e. The Balaban J connectivity index is 1.35. The fourth-order valence-electron chi connectivity index (χ4n) is 5.11. The molecule has 1 fully saturated rings. The summed E-state index contributed by atoms with van der Waals surface area (Å²) in [5.41, 5.74) is 6.99. The number of methoxy groups -OCH3 is 1. The normalized spacial score (nSPS) is 16.3. The van der Waals surface area contributed by atoms with Gasteiger partial charge in [-0.1, -0.05) is 42.5 Å². The molecule has 0 radical (unpaired) electrons. The first-order valence-corrected chi connectivity index (χ1v) is 12.2. The summed E-state index contributed by atoms with van der Waals surface area (Å²) >= 11 is 0. The molecule has 3 aromatic rings. The standard InChI is InChI=1S/C29H33N3O2/c1-30-16-18-31(19-17-30)27-12-13-28(34-2)25-14-15-32(21-26(25)27)29(33)24-10-8-23(9-11-24)20-22-6-4-3-5-7-22/h3-13H,14-21H2,1-2H3. The molecule has 2 aliphatic rings. The molecule has 3 aromatic carbocycles. The molecule has 0 spiro atoms. The molecule has 5 nitrogen and oxygen atoms in total. The van der Waals surface area contributed by atoms with Gasteiger partial charge in [0.1, 0.15) is 5.75 Å². The van der Waals surface area contributed by atoms with Gasteiger partial charge in [0, 0.05) is 61.6 Å². The molecule has 0 unspecified atom stereocenters. The molecule has 176 valence electrons. The molecular formula is C29H33N3O2. The Labute approximate surface area is 202 Å². The van der Waals surface area contributed by atoms with Crippen LogP contribution in [-0.4, -0.2) is 62.6 Å². The molecular weight excluding hydrogens is 422 g/mol. The van der Waals surface area contributed by atoms with Gasteiger partial charge in [-0.2, -0.15) is 0 Å². The summed E-state index contributed by atoms with van der Waals surface area (Å²) < 4.78 is 5.68. The first kappa shape index (κ1) is 22.5. The van der Waals surface area contributed by atoms with Gasteiger partial charge >= 0.3 is 0 Å². The van der Waals surface area contributed by atoms with Crippen LogP contribution in [-0.2, 0) is 19.4 Å². The summed E-state index contributed by atoms with van der Waals surface area (Å²) in [6.45, 7) is 5.45. The van der Waals surface area contributed by atoms with Crippen LogP contribution in [0.15, 0.2) is 66.7 Å². The SMILES string of the molecule is COc1ccc(N2CCN(C)CC2)c2c1CCN(C(=O)c1ccc(Cc3ccccc3)cc1)C2. The number of likely N-dealkylation sites (N-methyl/N-ethyl adjacent to an activating group) is 1. The van der Waals surface area contributed by atoms with Crippen LogP contribution < -0.4 is 9.64 Å². The molecule has 0 aromatic heterocycles. The van der Waals surface area contributed by atoms with Gasteiger partial charge in [0.2, 0.25) is 0 Å². The lowest BCUT2D eigenvalue weighted by Crippen LogP contribution is -2.45. The third-order valence-electron chi connectivity index (χ3n) is 7.15. The topological polar surface area (TPSA) is 36.0 Å². The van der Waals surface area contributed by atoms with Crippen LogP contribution in [0.25, 0.3) is 0 Å². The number of ether oxygens (including phenoxy) is 1. The summed E-state index contributed by atoms with van der Waals surface area (Å²) in [6, 6.07) is 22.8. The Kier molecular flexibility index (Phi) is 6.54. The van der Waals surface area contributed by atoms with Crippen molar-refractivity contribution >= 4 is 11.6 Å². The van der Waals surface area contributed by atoms with Crippen molar-refractivity contribution in [3.05, 3.63) is 94.5 Å². The zero-order valence-corrected chi connectivity index (χ0v) is 20.2. The van der Waals surface area contributed by atoms with Crippen LogP contribution in [0.5, 0.6) is 5.75 Å². The first-order valence-electron chi connectivity index (χ1n) is 12.2. The van der Waals surface area contributed by atoms with Crippen LogP contribution in [0.4, 0.5) is 5.69 Å². The van der Waals surface area contributed by atoms with Gasteiger partial charge < -0.3 is 19.4 Å². The fraction of sp³-hybridized carbons (Fsp3) is 0.345. The lowest BCUT2D eigenvalue weighted by Gasteiger charge is -2.38. The molecule has 1 saturated heterocycles. The lowest BCUT2D eigenvalue weighted by atomic mass is 9.95. The van der Waals surface area contributed by atoms with Crippen molar-refractivity contribution in [2.75, 3.05) is 51.8 Å². The highest BCUT2D eigenvalue weighted by molar-refractivity contribution is 5.94. The molecule has 1 amide bonds. The molecule has 0 aliphatic carbocycles. The van der Waals surface area contributed by atoms with Crippen molar-refractivity contribution < 1.29 is 9.53 Å². The highest BCUT2D eigenvalue weighted by Gasteiger charge is 2.28. The minimum Gasteiger partial charge on any atom is -0.496 e. The maximum atomic E-state index is 13.4. The van der Waals surface area contributed by atoms with Gasteiger partial charge in [0.15, 0.2) is 0 Å². The summed E-state index contributed by atoms with van der Waals surface area (Å²) in [6.07, 6.45) is 1.69. The van der Waals surface area contributed by atoms with Crippen molar-refractivity contribution in [2.45, 2.75) is 19.4 Å². The number of nitrogens with zero attached hydrogens (tertiary/aromatic N) is 3. The number of hydrogen-bond acceptors (Lipinski definition) is 4. The van der Waals surface area contributed by atoms with Crippen molar-refractivity contribution in [1.82, 2.24) is 9.80 Å². The van der Waals surface area contributed by atoms with E-state index in [-0.39, 0.29) is 5.91 Å². The zero-order valence-electron chi connectivity index (χ0n) is 20.2. The summed E-state index contributed by atoms with van der Waals surface area (Å²) in [4.78, 5) is 20.3. The summed E-state index contributed by atoms with van der Waals surface area (Å²) in [5.74, 6) is 1.04. The third-order valence-corrected chi connectivity index (χ3v) is 7.15. The number of rotatable bonds is 5. The van der Waals surface area contributed by atoms with Gasteiger partial charge in [-0.25, -0.2) is 0 Å². The highest BCUT2D eigenvalue weighted by atomic mass is 16.5. The average Bonchev–Trinajstić information content (AvgIpc) is 2.89. The van der Waals surface area contributed by atoms with Crippen LogP contribution >= 0.6 is 0 Å². The summed E-state index contributed by atoms with van der Waals surface area (Å²) in [7, 11) is 3.91. The number of anilines is 1. The Bertz CT molecular complexity index is 1140. The van der Waals surface area contributed by atoms with E-state index in [4.69, 9.17) is 4.74 Å². The Morgan fingerprint density at radius 1 is 0.824 bits per heavy atom. The summed E-state index contributed by atoms with van der Waals surface area (Å²) in [5, 5.41) is 0. The maximum Gasteiger partial charge on any atom is 0.254 e. The number of hydrogen-bond donors (Lipinski definition) is 0. The highest BCUT2D eigenvalue weighted by Crippen LogP contribution is 2.36. The van der Waals surface area contributed by atoms with Gasteiger partial charge in [-0.05, 0) is 55.3 Å². The van der Waals surface area contributed by atoms with E-state index in [9.17, 15) is 4.79 Å². The van der Waals surface area contributed by atoms with Crippen molar-refractivity contribution in [1.29, 1.82) is 0 Å². The number of carbonyl (C=O) groups is 1. The van der Waals surface area contributed by atoms with E-state index < -0.39 is 0 Å². The number of fused-ring (bicyclic) bond motifs is 1. The molecule has 0 bridgehead atoms. The van der Waals surface area contributed by atoms with Gasteiger partial charge in [-0.15, -0.1) is 0 Å². The van der Waals surface area contributed by atoms with E-state index >= 15 is 0 Å². The molecule has 0 atom stereocenters. The molecule has 5 rings (SSSR count). The largest absolute Gasteiger partial charge is 0.496 e.